The van der Waals surface area contributed by atoms with Gasteiger partial charge in [0.05, 0.1) is 4.47 Å². The predicted molar refractivity (Wildman–Crippen MR) is 78.1 cm³/mol. The zero-order valence-electron chi connectivity index (χ0n) is 10.6. The second-order valence-electron chi connectivity index (χ2n) is 4.30. The molecule has 0 spiro atoms. The first-order valence-corrected chi connectivity index (χ1v) is 6.82. The third-order valence-electron chi connectivity index (χ3n) is 2.85. The van der Waals surface area contributed by atoms with Gasteiger partial charge < -0.3 is 10.5 Å². The average Bonchev–Trinajstić information content (AvgIpc) is 2.37. The summed E-state index contributed by atoms with van der Waals surface area (Å²) >= 11 is 3.34. The van der Waals surface area contributed by atoms with Gasteiger partial charge in [-0.25, -0.2) is 4.39 Å². The normalized spacial score (nSPS) is 10.5. The molecule has 0 aliphatic heterocycles. The lowest BCUT2D eigenvalue weighted by molar-refractivity contribution is 0.473. The molecular weight excluding hydrogens is 309 g/mol. The number of benzene rings is 2. The van der Waals surface area contributed by atoms with Crippen molar-refractivity contribution in [2.45, 2.75) is 13.3 Å². The third-order valence-corrected chi connectivity index (χ3v) is 3.50. The summed E-state index contributed by atoms with van der Waals surface area (Å²) in [5.41, 5.74) is 7.87. The second kappa shape index (κ2) is 6.17. The molecule has 19 heavy (non-hydrogen) atoms. The third kappa shape index (κ3) is 3.55. The van der Waals surface area contributed by atoms with Crippen LogP contribution in [0.2, 0.25) is 0 Å². The van der Waals surface area contributed by atoms with E-state index < -0.39 is 0 Å². The Morgan fingerprint density at radius 2 is 2.00 bits per heavy atom. The molecule has 0 saturated carbocycles. The zero-order valence-corrected chi connectivity index (χ0v) is 12.2. The molecule has 0 heterocycles. The van der Waals surface area contributed by atoms with E-state index in [2.05, 4.69) is 15.9 Å². The molecule has 2 aromatic rings. The van der Waals surface area contributed by atoms with Gasteiger partial charge in [-0.3, -0.25) is 0 Å². The van der Waals surface area contributed by atoms with Gasteiger partial charge in [-0.2, -0.15) is 0 Å². The van der Waals surface area contributed by atoms with Gasteiger partial charge in [0, 0.05) is 6.07 Å². The molecule has 100 valence electrons. The van der Waals surface area contributed by atoms with Crippen molar-refractivity contribution in [3.05, 3.63) is 57.8 Å². The highest BCUT2D eigenvalue weighted by atomic mass is 79.9. The molecule has 0 radical (unpaired) electrons. The molecule has 0 unspecified atom stereocenters. The Bertz CT molecular complexity index is 586. The summed E-state index contributed by atoms with van der Waals surface area (Å²) in [6, 6.07) is 10.2. The minimum Gasteiger partial charge on any atom is -0.456 e. The van der Waals surface area contributed by atoms with Gasteiger partial charge in [-0.15, -0.1) is 0 Å². The Morgan fingerprint density at radius 3 is 2.68 bits per heavy atom. The highest BCUT2D eigenvalue weighted by Crippen LogP contribution is 2.31. The van der Waals surface area contributed by atoms with Gasteiger partial charge in [0.2, 0.25) is 0 Å². The van der Waals surface area contributed by atoms with Gasteiger partial charge in [-0.1, -0.05) is 6.07 Å². The Balaban J connectivity index is 2.24. The Morgan fingerprint density at radius 1 is 1.21 bits per heavy atom. The topological polar surface area (TPSA) is 35.2 Å². The standard InChI is InChI=1S/C15H15BrFNO/c1-10-8-13(4-2-11(10)6-7-18)19-15-9-12(17)3-5-14(15)16/h2-5,8-9H,6-7,18H2,1H3. The van der Waals surface area contributed by atoms with Crippen molar-refractivity contribution in [3.8, 4) is 11.5 Å². The lowest BCUT2D eigenvalue weighted by Gasteiger charge is -2.10. The highest BCUT2D eigenvalue weighted by molar-refractivity contribution is 9.10. The van der Waals surface area contributed by atoms with Crippen LogP contribution in [0.4, 0.5) is 4.39 Å². The van der Waals surface area contributed by atoms with Crippen molar-refractivity contribution in [2.75, 3.05) is 6.54 Å². The van der Waals surface area contributed by atoms with Gasteiger partial charge in [-0.05, 0) is 71.2 Å². The van der Waals surface area contributed by atoms with Crippen molar-refractivity contribution >= 4 is 15.9 Å². The maximum Gasteiger partial charge on any atom is 0.144 e. The van der Waals surface area contributed by atoms with Crippen molar-refractivity contribution in [2.24, 2.45) is 5.73 Å². The van der Waals surface area contributed by atoms with Crippen LogP contribution in [0.15, 0.2) is 40.9 Å². The zero-order chi connectivity index (χ0) is 13.8. The molecule has 0 fully saturated rings. The van der Waals surface area contributed by atoms with Crippen LogP contribution in [-0.4, -0.2) is 6.54 Å². The van der Waals surface area contributed by atoms with Gasteiger partial charge in [0.25, 0.3) is 0 Å². The van der Waals surface area contributed by atoms with Crippen LogP contribution in [0.1, 0.15) is 11.1 Å². The number of hydrogen-bond donors (Lipinski definition) is 1. The number of nitrogens with two attached hydrogens (primary N) is 1. The molecule has 0 saturated heterocycles. The average molecular weight is 324 g/mol. The summed E-state index contributed by atoms with van der Waals surface area (Å²) in [4.78, 5) is 0. The number of hydrogen-bond acceptors (Lipinski definition) is 2. The van der Waals surface area contributed by atoms with Crippen molar-refractivity contribution in [1.82, 2.24) is 0 Å². The maximum atomic E-state index is 13.2. The maximum absolute atomic E-state index is 13.2. The molecule has 2 nitrogen and oxygen atoms in total. The van der Waals surface area contributed by atoms with Gasteiger partial charge in [0.1, 0.15) is 17.3 Å². The molecule has 0 amide bonds. The summed E-state index contributed by atoms with van der Waals surface area (Å²) in [6.45, 7) is 2.63. The molecule has 2 aromatic carbocycles. The predicted octanol–water partition coefficient (Wildman–Crippen LogP) is 4.19. The largest absolute Gasteiger partial charge is 0.456 e. The summed E-state index contributed by atoms with van der Waals surface area (Å²) in [5.74, 6) is 0.824. The van der Waals surface area contributed by atoms with Crippen LogP contribution in [0.25, 0.3) is 0 Å². The van der Waals surface area contributed by atoms with E-state index >= 15 is 0 Å². The fraction of sp³-hybridized carbons (Fsp3) is 0.200. The Hall–Kier alpha value is -1.39. The summed E-state index contributed by atoms with van der Waals surface area (Å²) < 4.78 is 19.6. The molecule has 4 heteroatoms. The van der Waals surface area contributed by atoms with E-state index in [9.17, 15) is 4.39 Å². The van der Waals surface area contributed by atoms with Gasteiger partial charge in [0.15, 0.2) is 0 Å². The SMILES string of the molecule is Cc1cc(Oc2cc(F)ccc2Br)ccc1CCN. The highest BCUT2D eigenvalue weighted by Gasteiger charge is 2.06. The van der Waals surface area contributed by atoms with E-state index in [0.29, 0.717) is 18.0 Å². The molecule has 0 aromatic heterocycles. The van der Waals surface area contributed by atoms with Crippen molar-refractivity contribution in [1.29, 1.82) is 0 Å². The number of halogens is 2. The van der Waals surface area contributed by atoms with E-state index in [1.54, 1.807) is 6.07 Å². The monoisotopic (exact) mass is 323 g/mol. The molecule has 0 aliphatic rings. The minimum atomic E-state index is -0.324. The molecule has 2 rings (SSSR count). The van der Waals surface area contributed by atoms with E-state index in [0.717, 1.165) is 16.5 Å². The summed E-state index contributed by atoms with van der Waals surface area (Å²) in [5, 5.41) is 0. The first-order valence-electron chi connectivity index (χ1n) is 6.02. The smallest absolute Gasteiger partial charge is 0.144 e. The van der Waals surface area contributed by atoms with Crippen LogP contribution in [0.3, 0.4) is 0 Å². The fourth-order valence-electron chi connectivity index (χ4n) is 1.85. The number of aryl methyl sites for hydroxylation is 1. The minimum absolute atomic E-state index is 0.324. The fourth-order valence-corrected chi connectivity index (χ4v) is 2.18. The van der Waals surface area contributed by atoms with Crippen molar-refractivity contribution in [3.63, 3.8) is 0 Å². The van der Waals surface area contributed by atoms with E-state index in [1.165, 1.54) is 17.7 Å². The van der Waals surface area contributed by atoms with E-state index in [-0.39, 0.29) is 5.82 Å². The van der Waals surface area contributed by atoms with Crippen LogP contribution < -0.4 is 10.5 Å². The van der Waals surface area contributed by atoms with Crippen LogP contribution in [-0.2, 0) is 6.42 Å². The first-order chi connectivity index (χ1) is 9.10. The first kappa shape index (κ1) is 14.0. The van der Waals surface area contributed by atoms with Crippen molar-refractivity contribution < 1.29 is 9.13 Å². The molecular formula is C15H15BrFNO. The summed E-state index contributed by atoms with van der Waals surface area (Å²) in [7, 11) is 0. The van der Waals surface area contributed by atoms with Crippen LogP contribution in [0, 0.1) is 12.7 Å². The van der Waals surface area contributed by atoms with Crippen LogP contribution >= 0.6 is 15.9 Å². The van der Waals surface area contributed by atoms with Crippen LogP contribution in [0.5, 0.6) is 11.5 Å². The van der Waals surface area contributed by atoms with E-state index in [4.69, 9.17) is 10.5 Å². The Labute approximate surface area is 120 Å². The molecule has 0 bridgehead atoms. The van der Waals surface area contributed by atoms with Gasteiger partial charge >= 0.3 is 0 Å². The molecule has 2 N–H and O–H groups in total. The summed E-state index contributed by atoms with van der Waals surface area (Å²) in [6.07, 6.45) is 0.843. The molecule has 0 atom stereocenters. The number of rotatable bonds is 4. The lowest BCUT2D eigenvalue weighted by Crippen LogP contribution is -2.04. The lowest BCUT2D eigenvalue weighted by atomic mass is 10.1. The van der Waals surface area contributed by atoms with E-state index in [1.807, 2.05) is 25.1 Å². The Kier molecular flexibility index (Phi) is 4.56. The second-order valence-corrected chi connectivity index (χ2v) is 5.16. The number of ether oxygens (including phenoxy) is 1. The quantitative estimate of drug-likeness (QED) is 0.915. The molecule has 0 aliphatic carbocycles.